The van der Waals surface area contributed by atoms with Crippen LogP contribution in [0.15, 0.2) is 18.2 Å². The van der Waals surface area contributed by atoms with Gasteiger partial charge in [-0.05, 0) is 43.6 Å². The van der Waals surface area contributed by atoms with Crippen LogP contribution < -0.4 is 21.1 Å². The number of thioether (sulfide) groups is 1. The standard InChI is InChI=1S/C14H19N3O3S/c1-8-13(18)17-11-7-9(3-4-12(11)20-8)16-14(19)10(15)5-6-21-2/h3-4,7-8,10H,5-6,15H2,1-2H3,(H,16,19)(H,17,18)/t8?,10-/m0/s1. The number of hydrogen-bond donors (Lipinski definition) is 3. The van der Waals surface area contributed by atoms with Gasteiger partial charge >= 0.3 is 0 Å². The van der Waals surface area contributed by atoms with E-state index in [4.69, 9.17) is 10.5 Å². The van der Waals surface area contributed by atoms with Crippen molar-refractivity contribution in [2.24, 2.45) is 5.73 Å². The minimum absolute atomic E-state index is 0.206. The summed E-state index contributed by atoms with van der Waals surface area (Å²) in [4.78, 5) is 23.5. The van der Waals surface area contributed by atoms with Gasteiger partial charge in [-0.3, -0.25) is 9.59 Å². The van der Waals surface area contributed by atoms with Gasteiger partial charge in [0.05, 0.1) is 11.7 Å². The summed E-state index contributed by atoms with van der Waals surface area (Å²) in [6.07, 6.45) is 2.07. The highest BCUT2D eigenvalue weighted by Gasteiger charge is 2.24. The molecule has 0 aromatic heterocycles. The third-order valence-electron chi connectivity index (χ3n) is 3.15. The van der Waals surface area contributed by atoms with Gasteiger partial charge in [0.25, 0.3) is 5.91 Å². The number of ether oxygens (including phenoxy) is 1. The second-order valence-electron chi connectivity index (χ2n) is 4.84. The maximum Gasteiger partial charge on any atom is 0.265 e. The summed E-state index contributed by atoms with van der Waals surface area (Å²) < 4.78 is 5.45. The zero-order valence-corrected chi connectivity index (χ0v) is 12.8. The Kier molecular flexibility index (Phi) is 5.08. The SMILES string of the molecule is CSCC[C@H](N)C(=O)Nc1ccc2c(c1)NC(=O)C(C)O2. The van der Waals surface area contributed by atoms with Crippen molar-refractivity contribution < 1.29 is 14.3 Å². The molecule has 1 heterocycles. The van der Waals surface area contributed by atoms with Crippen molar-refractivity contribution in [3.05, 3.63) is 18.2 Å². The lowest BCUT2D eigenvalue weighted by atomic mass is 10.2. The van der Waals surface area contributed by atoms with Gasteiger partial charge in [0.2, 0.25) is 5.91 Å². The molecule has 0 bridgehead atoms. The van der Waals surface area contributed by atoms with Crippen LogP contribution in [0, 0.1) is 0 Å². The molecule has 1 aromatic carbocycles. The summed E-state index contributed by atoms with van der Waals surface area (Å²) in [6.45, 7) is 1.68. The highest BCUT2D eigenvalue weighted by molar-refractivity contribution is 7.98. The minimum atomic E-state index is -0.542. The molecule has 0 radical (unpaired) electrons. The molecular formula is C14H19N3O3S. The van der Waals surface area contributed by atoms with Crippen molar-refractivity contribution in [1.82, 2.24) is 0 Å². The Morgan fingerprint density at radius 3 is 3.05 bits per heavy atom. The molecule has 2 atom stereocenters. The van der Waals surface area contributed by atoms with Gasteiger partial charge in [-0.25, -0.2) is 0 Å². The molecule has 1 aromatic rings. The number of carbonyl (C=O) groups is 2. The molecule has 0 saturated heterocycles. The summed E-state index contributed by atoms with van der Waals surface area (Å²) in [7, 11) is 0. The molecule has 1 aliphatic rings. The van der Waals surface area contributed by atoms with E-state index >= 15 is 0 Å². The van der Waals surface area contributed by atoms with E-state index in [1.165, 1.54) is 0 Å². The molecule has 114 valence electrons. The van der Waals surface area contributed by atoms with Crippen molar-refractivity contribution >= 4 is 35.0 Å². The van der Waals surface area contributed by atoms with E-state index in [-0.39, 0.29) is 11.8 Å². The number of amides is 2. The first kappa shape index (κ1) is 15.7. The number of fused-ring (bicyclic) bond motifs is 1. The summed E-state index contributed by atoms with van der Waals surface area (Å²) in [5.41, 5.74) is 6.94. The number of nitrogens with one attached hydrogen (secondary N) is 2. The molecule has 1 aliphatic heterocycles. The average molecular weight is 309 g/mol. The van der Waals surface area contributed by atoms with E-state index in [0.29, 0.717) is 23.5 Å². The predicted octanol–water partition coefficient (Wildman–Crippen LogP) is 1.42. The van der Waals surface area contributed by atoms with Crippen molar-refractivity contribution in [1.29, 1.82) is 0 Å². The monoisotopic (exact) mass is 309 g/mol. The zero-order valence-electron chi connectivity index (χ0n) is 12.0. The molecule has 2 amide bonds. The fourth-order valence-electron chi connectivity index (χ4n) is 1.90. The third kappa shape index (κ3) is 3.89. The van der Waals surface area contributed by atoms with Crippen molar-refractivity contribution in [3.8, 4) is 5.75 Å². The predicted molar refractivity (Wildman–Crippen MR) is 84.8 cm³/mol. The van der Waals surface area contributed by atoms with Crippen LogP contribution in [0.25, 0.3) is 0 Å². The first-order chi connectivity index (χ1) is 10.0. The van der Waals surface area contributed by atoms with E-state index in [9.17, 15) is 9.59 Å². The van der Waals surface area contributed by atoms with Crippen molar-refractivity contribution in [2.75, 3.05) is 22.6 Å². The number of benzene rings is 1. The lowest BCUT2D eigenvalue weighted by molar-refractivity contribution is -0.122. The van der Waals surface area contributed by atoms with Crippen molar-refractivity contribution in [2.45, 2.75) is 25.5 Å². The Bertz CT molecular complexity index is 550. The van der Waals surface area contributed by atoms with Gasteiger partial charge in [-0.15, -0.1) is 0 Å². The van der Waals surface area contributed by atoms with E-state index in [0.717, 1.165) is 5.75 Å². The van der Waals surface area contributed by atoms with Crippen molar-refractivity contribution in [3.63, 3.8) is 0 Å². The smallest absolute Gasteiger partial charge is 0.265 e. The van der Waals surface area contributed by atoms with Gasteiger partial charge in [0.1, 0.15) is 5.75 Å². The molecule has 0 saturated carbocycles. The molecule has 7 heteroatoms. The minimum Gasteiger partial charge on any atom is -0.479 e. The zero-order chi connectivity index (χ0) is 15.4. The van der Waals surface area contributed by atoms with Gasteiger partial charge in [0.15, 0.2) is 6.10 Å². The fraction of sp³-hybridized carbons (Fsp3) is 0.429. The highest BCUT2D eigenvalue weighted by Crippen LogP contribution is 2.32. The first-order valence-electron chi connectivity index (χ1n) is 6.68. The van der Waals surface area contributed by atoms with Crippen LogP contribution in [0.4, 0.5) is 11.4 Å². The Morgan fingerprint density at radius 2 is 2.33 bits per heavy atom. The van der Waals surface area contributed by atoms with Crippen LogP contribution in [0.5, 0.6) is 5.75 Å². The molecule has 0 spiro atoms. The van der Waals surface area contributed by atoms with E-state index < -0.39 is 12.1 Å². The van der Waals surface area contributed by atoms with E-state index in [1.807, 2.05) is 6.26 Å². The average Bonchev–Trinajstić information content (AvgIpc) is 2.46. The number of rotatable bonds is 5. The Hall–Kier alpha value is -1.73. The maximum absolute atomic E-state index is 11.9. The molecular weight excluding hydrogens is 290 g/mol. The van der Waals surface area contributed by atoms with Gasteiger partial charge < -0.3 is 21.1 Å². The number of anilines is 2. The third-order valence-corrected chi connectivity index (χ3v) is 3.79. The van der Waals surface area contributed by atoms with Crippen LogP contribution >= 0.6 is 11.8 Å². The summed E-state index contributed by atoms with van der Waals surface area (Å²) in [5.74, 6) is 0.982. The summed E-state index contributed by atoms with van der Waals surface area (Å²) in [5, 5.41) is 5.48. The molecule has 1 unspecified atom stereocenters. The summed E-state index contributed by atoms with van der Waals surface area (Å²) >= 11 is 1.65. The number of hydrogen-bond acceptors (Lipinski definition) is 5. The fourth-order valence-corrected chi connectivity index (χ4v) is 2.39. The van der Waals surface area contributed by atoms with Crippen LogP contribution in [0.3, 0.4) is 0 Å². The lowest BCUT2D eigenvalue weighted by Gasteiger charge is -2.23. The maximum atomic E-state index is 11.9. The van der Waals surface area contributed by atoms with E-state index in [1.54, 1.807) is 36.9 Å². The molecule has 4 N–H and O–H groups in total. The van der Waals surface area contributed by atoms with E-state index in [2.05, 4.69) is 10.6 Å². The van der Waals surface area contributed by atoms with Crippen LogP contribution in [-0.4, -0.2) is 36.0 Å². The molecule has 2 rings (SSSR count). The first-order valence-corrected chi connectivity index (χ1v) is 8.07. The van der Waals surface area contributed by atoms with Gasteiger partial charge in [-0.1, -0.05) is 0 Å². The normalized spacial score (nSPS) is 18.2. The quantitative estimate of drug-likeness (QED) is 0.765. The molecule has 0 aliphatic carbocycles. The van der Waals surface area contributed by atoms with Gasteiger partial charge in [-0.2, -0.15) is 11.8 Å². The molecule has 6 nitrogen and oxygen atoms in total. The Labute approximate surface area is 127 Å². The second kappa shape index (κ2) is 6.82. The largest absolute Gasteiger partial charge is 0.479 e. The van der Waals surface area contributed by atoms with Crippen LogP contribution in [-0.2, 0) is 9.59 Å². The Balaban J connectivity index is 2.04. The number of nitrogens with two attached hydrogens (primary N) is 1. The van der Waals surface area contributed by atoms with Gasteiger partial charge in [0, 0.05) is 5.69 Å². The highest BCUT2D eigenvalue weighted by atomic mass is 32.2. The number of carbonyl (C=O) groups excluding carboxylic acids is 2. The second-order valence-corrected chi connectivity index (χ2v) is 5.82. The summed E-state index contributed by atoms with van der Waals surface area (Å²) in [6, 6.07) is 4.56. The molecule has 0 fully saturated rings. The van der Waals surface area contributed by atoms with Crippen LogP contribution in [0.2, 0.25) is 0 Å². The van der Waals surface area contributed by atoms with Crippen LogP contribution in [0.1, 0.15) is 13.3 Å². The topological polar surface area (TPSA) is 93.5 Å². The lowest BCUT2D eigenvalue weighted by Crippen LogP contribution is -2.36. The molecule has 21 heavy (non-hydrogen) atoms. The Morgan fingerprint density at radius 1 is 1.57 bits per heavy atom.